The van der Waals surface area contributed by atoms with Gasteiger partial charge >= 0.3 is 0 Å². The van der Waals surface area contributed by atoms with Gasteiger partial charge in [0.05, 0.1) is 34.1 Å². The number of hydrazone groups is 1. The zero-order valence-electron chi connectivity index (χ0n) is 17.5. The molecule has 0 saturated heterocycles. The lowest BCUT2D eigenvalue weighted by atomic mass is 10.2. The number of methoxy groups -OCH3 is 3. The number of carbonyl (C=O) groups excluding carboxylic acids is 1. The molecule has 2 aromatic carbocycles. The van der Waals surface area contributed by atoms with E-state index in [1.807, 2.05) is 0 Å². The van der Waals surface area contributed by atoms with E-state index in [9.17, 15) is 13.2 Å². The number of benzene rings is 2. The Morgan fingerprint density at radius 3 is 2.40 bits per heavy atom. The Balaban J connectivity index is 2.08. The van der Waals surface area contributed by atoms with E-state index in [4.69, 9.17) is 14.2 Å². The fourth-order valence-corrected chi connectivity index (χ4v) is 3.94. The third-order valence-corrected chi connectivity index (χ3v) is 6.03. The first kappa shape index (κ1) is 23.2. The minimum absolute atomic E-state index is 0.00762. The van der Waals surface area contributed by atoms with E-state index in [0.717, 1.165) is 9.87 Å². The number of likely N-dealkylation sites (N-methyl/N-ethyl adjacent to an activating group) is 1. The minimum atomic E-state index is -3.93. The van der Waals surface area contributed by atoms with Crippen LogP contribution in [0.4, 0.5) is 0 Å². The summed E-state index contributed by atoms with van der Waals surface area (Å²) in [6.07, 6.45) is 1.40. The molecule has 10 heteroatoms. The quantitative estimate of drug-likeness (QED) is 0.475. The normalized spacial score (nSPS) is 11.5. The Bertz CT molecular complexity index is 1040. The van der Waals surface area contributed by atoms with Gasteiger partial charge in [0.2, 0.25) is 10.0 Å². The highest BCUT2D eigenvalue weighted by Crippen LogP contribution is 2.27. The Hall–Kier alpha value is -3.11. The molecule has 0 aliphatic rings. The van der Waals surface area contributed by atoms with Crippen molar-refractivity contribution in [3.63, 3.8) is 0 Å². The lowest BCUT2D eigenvalue weighted by Crippen LogP contribution is -2.36. The van der Waals surface area contributed by atoms with Crippen molar-refractivity contribution in [2.75, 3.05) is 34.9 Å². The zero-order chi connectivity index (χ0) is 22.3. The molecule has 0 aliphatic carbocycles. The van der Waals surface area contributed by atoms with Crippen LogP contribution in [0, 0.1) is 6.92 Å². The molecule has 0 radical (unpaired) electrons. The van der Waals surface area contributed by atoms with Crippen LogP contribution in [-0.4, -0.2) is 59.8 Å². The van der Waals surface area contributed by atoms with Crippen molar-refractivity contribution < 1.29 is 27.4 Å². The maximum absolute atomic E-state index is 12.8. The van der Waals surface area contributed by atoms with Crippen LogP contribution >= 0.6 is 0 Å². The minimum Gasteiger partial charge on any atom is -0.497 e. The highest BCUT2D eigenvalue weighted by molar-refractivity contribution is 7.89. The Kier molecular flexibility index (Phi) is 7.79. The maximum Gasteiger partial charge on any atom is 0.255 e. The monoisotopic (exact) mass is 435 g/mol. The fraction of sp³-hybridized carbons (Fsp3) is 0.300. The molecule has 0 aromatic heterocycles. The SMILES string of the molecule is COc1ccc(/C=N\NC(=O)CN(C)S(=O)(=O)c2cc(C)ccc2OC)c(OC)c1. The molecule has 0 fully saturated rings. The van der Waals surface area contributed by atoms with E-state index in [0.29, 0.717) is 17.1 Å². The third kappa shape index (κ3) is 5.49. The van der Waals surface area contributed by atoms with Gasteiger partial charge < -0.3 is 14.2 Å². The van der Waals surface area contributed by atoms with E-state index in [-0.39, 0.29) is 10.6 Å². The van der Waals surface area contributed by atoms with Gasteiger partial charge in [-0.1, -0.05) is 6.07 Å². The summed E-state index contributed by atoms with van der Waals surface area (Å²) in [6.45, 7) is 1.35. The standard InChI is InChI=1S/C20H25N3O6S/c1-14-6-9-17(28-4)19(10-14)30(25,26)23(2)13-20(24)22-21-12-15-7-8-16(27-3)11-18(15)29-5/h6-12H,13H2,1-5H3,(H,22,24)/b21-12-. The molecule has 1 amide bonds. The first-order chi connectivity index (χ1) is 14.2. The van der Waals surface area contributed by atoms with Crippen LogP contribution < -0.4 is 19.6 Å². The van der Waals surface area contributed by atoms with Crippen molar-refractivity contribution in [3.05, 3.63) is 47.5 Å². The molecule has 0 bridgehead atoms. The number of rotatable bonds is 9. The number of hydrogen-bond acceptors (Lipinski definition) is 7. The van der Waals surface area contributed by atoms with Gasteiger partial charge in [0, 0.05) is 18.7 Å². The predicted octanol–water partition coefficient (Wildman–Crippen LogP) is 1.79. The second-order valence-electron chi connectivity index (χ2n) is 6.32. The van der Waals surface area contributed by atoms with E-state index < -0.39 is 22.5 Å². The molecular formula is C20H25N3O6S. The topological polar surface area (TPSA) is 107 Å². The van der Waals surface area contributed by atoms with Gasteiger partial charge in [-0.25, -0.2) is 13.8 Å². The number of aryl methyl sites for hydroxylation is 1. The molecule has 0 saturated carbocycles. The number of hydrogen-bond donors (Lipinski definition) is 1. The highest BCUT2D eigenvalue weighted by atomic mass is 32.2. The van der Waals surface area contributed by atoms with Gasteiger partial charge in [0.15, 0.2) is 0 Å². The zero-order valence-corrected chi connectivity index (χ0v) is 18.3. The Labute approximate surface area is 176 Å². The first-order valence-corrected chi connectivity index (χ1v) is 10.3. The molecule has 9 nitrogen and oxygen atoms in total. The summed E-state index contributed by atoms with van der Waals surface area (Å²) in [5.41, 5.74) is 3.68. The van der Waals surface area contributed by atoms with E-state index in [1.165, 1.54) is 33.5 Å². The van der Waals surface area contributed by atoms with Gasteiger partial charge in [-0.3, -0.25) is 4.79 Å². The number of amides is 1. The lowest BCUT2D eigenvalue weighted by molar-refractivity contribution is -0.121. The molecule has 0 unspecified atom stereocenters. The van der Waals surface area contributed by atoms with Gasteiger partial charge in [-0.05, 0) is 36.8 Å². The van der Waals surface area contributed by atoms with Crippen molar-refractivity contribution in [2.24, 2.45) is 5.10 Å². The summed E-state index contributed by atoms with van der Waals surface area (Å²) in [5.74, 6) is 0.735. The van der Waals surface area contributed by atoms with Crippen LogP contribution in [0.1, 0.15) is 11.1 Å². The van der Waals surface area contributed by atoms with Crippen LogP contribution in [0.15, 0.2) is 46.4 Å². The number of nitrogens with zero attached hydrogens (tertiary/aromatic N) is 2. The maximum atomic E-state index is 12.8. The second kappa shape index (κ2) is 10.1. The average molecular weight is 436 g/mol. The molecule has 0 aliphatic heterocycles. The molecule has 1 N–H and O–H groups in total. The van der Waals surface area contributed by atoms with Crippen molar-refractivity contribution in [3.8, 4) is 17.2 Å². The van der Waals surface area contributed by atoms with Crippen LogP contribution in [0.5, 0.6) is 17.2 Å². The highest BCUT2D eigenvalue weighted by Gasteiger charge is 2.26. The number of sulfonamides is 1. The third-order valence-electron chi connectivity index (χ3n) is 4.21. The van der Waals surface area contributed by atoms with Gasteiger partial charge in [0.25, 0.3) is 5.91 Å². The van der Waals surface area contributed by atoms with E-state index >= 15 is 0 Å². The summed E-state index contributed by atoms with van der Waals surface area (Å²) in [5, 5.41) is 3.87. The largest absolute Gasteiger partial charge is 0.497 e. The Morgan fingerprint density at radius 2 is 1.77 bits per heavy atom. The summed E-state index contributed by atoms with van der Waals surface area (Å²) in [6, 6.07) is 9.93. The summed E-state index contributed by atoms with van der Waals surface area (Å²) >= 11 is 0. The Morgan fingerprint density at radius 1 is 1.07 bits per heavy atom. The van der Waals surface area contributed by atoms with E-state index in [1.54, 1.807) is 44.4 Å². The second-order valence-corrected chi connectivity index (χ2v) is 8.33. The van der Waals surface area contributed by atoms with Gasteiger partial charge in [-0.2, -0.15) is 9.41 Å². The molecule has 0 heterocycles. The lowest BCUT2D eigenvalue weighted by Gasteiger charge is -2.18. The number of ether oxygens (including phenoxy) is 3. The smallest absolute Gasteiger partial charge is 0.255 e. The van der Waals surface area contributed by atoms with Crippen LogP contribution in [-0.2, 0) is 14.8 Å². The molecular weight excluding hydrogens is 410 g/mol. The molecule has 30 heavy (non-hydrogen) atoms. The fourth-order valence-electron chi connectivity index (χ4n) is 2.57. The summed E-state index contributed by atoms with van der Waals surface area (Å²) < 4.78 is 42.1. The van der Waals surface area contributed by atoms with Crippen LogP contribution in [0.2, 0.25) is 0 Å². The van der Waals surface area contributed by atoms with Crippen molar-refractivity contribution >= 4 is 22.1 Å². The van der Waals surface area contributed by atoms with Gasteiger partial charge in [-0.15, -0.1) is 0 Å². The van der Waals surface area contributed by atoms with Crippen molar-refractivity contribution in [2.45, 2.75) is 11.8 Å². The predicted molar refractivity (Wildman–Crippen MR) is 113 cm³/mol. The molecule has 2 rings (SSSR count). The number of nitrogens with one attached hydrogen (secondary N) is 1. The first-order valence-electron chi connectivity index (χ1n) is 8.87. The molecule has 162 valence electrons. The van der Waals surface area contributed by atoms with Crippen molar-refractivity contribution in [1.82, 2.24) is 9.73 Å². The van der Waals surface area contributed by atoms with E-state index in [2.05, 4.69) is 10.5 Å². The summed E-state index contributed by atoms with van der Waals surface area (Å²) in [4.78, 5) is 12.2. The average Bonchev–Trinajstić information content (AvgIpc) is 2.73. The van der Waals surface area contributed by atoms with Crippen LogP contribution in [0.3, 0.4) is 0 Å². The van der Waals surface area contributed by atoms with Crippen molar-refractivity contribution in [1.29, 1.82) is 0 Å². The summed E-state index contributed by atoms with van der Waals surface area (Å²) in [7, 11) is 1.81. The molecule has 0 atom stereocenters. The molecule has 0 spiro atoms. The van der Waals surface area contributed by atoms with Crippen LogP contribution in [0.25, 0.3) is 0 Å². The number of carbonyl (C=O) groups is 1. The van der Waals surface area contributed by atoms with Gasteiger partial charge in [0.1, 0.15) is 22.1 Å². The molecule has 2 aromatic rings.